The summed E-state index contributed by atoms with van der Waals surface area (Å²) in [7, 11) is 0. The molecule has 1 N–H and O–H groups in total. The first-order valence-corrected chi connectivity index (χ1v) is 7.99. The van der Waals surface area contributed by atoms with Crippen LogP contribution in [0.2, 0.25) is 0 Å². The van der Waals surface area contributed by atoms with Crippen molar-refractivity contribution in [3.63, 3.8) is 0 Å². The van der Waals surface area contributed by atoms with Gasteiger partial charge in [-0.1, -0.05) is 33.8 Å². The Labute approximate surface area is 124 Å². The standard InChI is InChI=1S/C17H31N3/c1-6-17(5,20(8-3)9-4)16(19-7-2)13-15-11-10-12-18-14-15/h10-12,14,16,19H,6-9,13H2,1-5H3. The van der Waals surface area contributed by atoms with Crippen molar-refractivity contribution in [1.29, 1.82) is 0 Å². The van der Waals surface area contributed by atoms with E-state index in [1.165, 1.54) is 5.56 Å². The van der Waals surface area contributed by atoms with Gasteiger partial charge in [0.15, 0.2) is 0 Å². The van der Waals surface area contributed by atoms with Gasteiger partial charge in [-0.25, -0.2) is 0 Å². The zero-order valence-electron chi connectivity index (χ0n) is 13.8. The highest BCUT2D eigenvalue weighted by Crippen LogP contribution is 2.26. The fourth-order valence-electron chi connectivity index (χ4n) is 3.15. The number of rotatable bonds is 9. The quantitative estimate of drug-likeness (QED) is 0.752. The summed E-state index contributed by atoms with van der Waals surface area (Å²) in [5, 5.41) is 3.70. The summed E-state index contributed by atoms with van der Waals surface area (Å²) in [5.74, 6) is 0. The molecule has 1 aromatic rings. The van der Waals surface area contributed by atoms with Crippen molar-refractivity contribution in [3.8, 4) is 0 Å². The number of hydrogen-bond acceptors (Lipinski definition) is 3. The second kappa shape index (κ2) is 8.38. The molecule has 1 heterocycles. The van der Waals surface area contributed by atoms with Gasteiger partial charge in [-0.3, -0.25) is 9.88 Å². The second-order valence-corrected chi connectivity index (χ2v) is 5.56. The van der Waals surface area contributed by atoms with Crippen molar-refractivity contribution in [1.82, 2.24) is 15.2 Å². The van der Waals surface area contributed by atoms with Crippen LogP contribution in [0.1, 0.15) is 46.6 Å². The molecular weight excluding hydrogens is 246 g/mol. The van der Waals surface area contributed by atoms with Crippen molar-refractivity contribution in [3.05, 3.63) is 30.1 Å². The predicted octanol–water partition coefficient (Wildman–Crippen LogP) is 3.11. The van der Waals surface area contributed by atoms with Crippen LogP contribution >= 0.6 is 0 Å². The summed E-state index contributed by atoms with van der Waals surface area (Å²) in [6.07, 6.45) is 6.01. The number of likely N-dealkylation sites (N-methyl/N-ethyl adjacent to an activating group) is 2. The van der Waals surface area contributed by atoms with Crippen LogP contribution in [0.3, 0.4) is 0 Å². The van der Waals surface area contributed by atoms with Crippen molar-refractivity contribution in [2.75, 3.05) is 19.6 Å². The molecule has 0 fully saturated rings. The lowest BCUT2D eigenvalue weighted by molar-refractivity contribution is 0.0706. The fourth-order valence-corrected chi connectivity index (χ4v) is 3.15. The molecule has 0 aliphatic carbocycles. The van der Waals surface area contributed by atoms with E-state index in [9.17, 15) is 0 Å². The van der Waals surface area contributed by atoms with E-state index in [4.69, 9.17) is 0 Å². The number of nitrogens with zero attached hydrogens (tertiary/aromatic N) is 2. The molecular formula is C17H31N3. The molecule has 0 amide bonds. The minimum atomic E-state index is 0.176. The first kappa shape index (κ1) is 17.1. The van der Waals surface area contributed by atoms with E-state index in [2.05, 4.69) is 55.9 Å². The molecule has 1 rings (SSSR count). The van der Waals surface area contributed by atoms with E-state index in [-0.39, 0.29) is 5.54 Å². The molecule has 20 heavy (non-hydrogen) atoms. The molecule has 1 aromatic heterocycles. The van der Waals surface area contributed by atoms with Gasteiger partial charge in [-0.05, 0) is 51.0 Å². The van der Waals surface area contributed by atoms with Gasteiger partial charge in [0, 0.05) is 24.0 Å². The zero-order valence-corrected chi connectivity index (χ0v) is 13.8. The molecule has 0 aliphatic heterocycles. The molecule has 0 saturated carbocycles. The van der Waals surface area contributed by atoms with E-state index < -0.39 is 0 Å². The minimum absolute atomic E-state index is 0.176. The zero-order chi connectivity index (χ0) is 15.0. The third-order valence-corrected chi connectivity index (χ3v) is 4.57. The van der Waals surface area contributed by atoms with Crippen LogP contribution < -0.4 is 5.32 Å². The van der Waals surface area contributed by atoms with Crippen LogP contribution in [0.4, 0.5) is 0 Å². The Balaban J connectivity index is 2.96. The average molecular weight is 277 g/mol. The maximum Gasteiger partial charge on any atom is 0.0334 e. The lowest BCUT2D eigenvalue weighted by atomic mass is 9.83. The Hall–Kier alpha value is -0.930. The third kappa shape index (κ3) is 4.03. The molecule has 0 radical (unpaired) electrons. The maximum absolute atomic E-state index is 4.25. The lowest BCUT2D eigenvalue weighted by Crippen LogP contribution is -2.60. The third-order valence-electron chi connectivity index (χ3n) is 4.57. The summed E-state index contributed by atoms with van der Waals surface area (Å²) in [5.41, 5.74) is 1.49. The summed E-state index contributed by atoms with van der Waals surface area (Å²) in [6.45, 7) is 14.6. The van der Waals surface area contributed by atoms with E-state index >= 15 is 0 Å². The van der Waals surface area contributed by atoms with E-state index in [0.29, 0.717) is 6.04 Å². The van der Waals surface area contributed by atoms with Gasteiger partial charge in [0.1, 0.15) is 0 Å². The topological polar surface area (TPSA) is 28.2 Å². The number of aromatic nitrogens is 1. The van der Waals surface area contributed by atoms with Crippen LogP contribution in [-0.4, -0.2) is 41.1 Å². The molecule has 0 aromatic carbocycles. The SMILES string of the molecule is CCNC(Cc1cccnc1)C(C)(CC)N(CC)CC. The fraction of sp³-hybridized carbons (Fsp3) is 0.706. The highest BCUT2D eigenvalue weighted by Gasteiger charge is 2.36. The maximum atomic E-state index is 4.25. The largest absolute Gasteiger partial charge is 0.312 e. The average Bonchev–Trinajstić information content (AvgIpc) is 2.48. The summed E-state index contributed by atoms with van der Waals surface area (Å²) < 4.78 is 0. The molecule has 0 aliphatic rings. The van der Waals surface area contributed by atoms with E-state index in [1.54, 1.807) is 0 Å². The first-order chi connectivity index (χ1) is 9.62. The van der Waals surface area contributed by atoms with Crippen molar-refractivity contribution in [2.24, 2.45) is 0 Å². The number of hydrogen-bond donors (Lipinski definition) is 1. The highest BCUT2D eigenvalue weighted by atomic mass is 15.2. The van der Waals surface area contributed by atoms with Crippen LogP contribution in [-0.2, 0) is 6.42 Å². The van der Waals surface area contributed by atoms with Gasteiger partial charge in [0.05, 0.1) is 0 Å². The monoisotopic (exact) mass is 277 g/mol. The Bertz CT molecular complexity index is 362. The molecule has 2 unspecified atom stereocenters. The first-order valence-electron chi connectivity index (χ1n) is 7.99. The smallest absolute Gasteiger partial charge is 0.0334 e. The number of nitrogens with one attached hydrogen (secondary N) is 1. The van der Waals surface area contributed by atoms with E-state index in [0.717, 1.165) is 32.5 Å². The van der Waals surface area contributed by atoms with Crippen molar-refractivity contribution >= 4 is 0 Å². The van der Waals surface area contributed by atoms with Gasteiger partial charge in [0.25, 0.3) is 0 Å². The molecule has 2 atom stereocenters. The Morgan fingerprint density at radius 3 is 2.40 bits per heavy atom. The van der Waals surface area contributed by atoms with E-state index in [1.807, 2.05) is 18.5 Å². The van der Waals surface area contributed by atoms with Gasteiger partial charge >= 0.3 is 0 Å². The van der Waals surface area contributed by atoms with Gasteiger partial charge in [-0.15, -0.1) is 0 Å². The molecule has 3 nitrogen and oxygen atoms in total. The van der Waals surface area contributed by atoms with Crippen LogP contribution in [0.25, 0.3) is 0 Å². The normalized spacial score (nSPS) is 16.1. The summed E-state index contributed by atoms with van der Waals surface area (Å²) in [6, 6.07) is 4.65. The second-order valence-electron chi connectivity index (χ2n) is 5.56. The lowest BCUT2D eigenvalue weighted by Gasteiger charge is -2.46. The summed E-state index contributed by atoms with van der Waals surface area (Å²) in [4.78, 5) is 6.83. The summed E-state index contributed by atoms with van der Waals surface area (Å²) >= 11 is 0. The van der Waals surface area contributed by atoms with Crippen LogP contribution in [0, 0.1) is 0 Å². The van der Waals surface area contributed by atoms with Crippen LogP contribution in [0.5, 0.6) is 0 Å². The van der Waals surface area contributed by atoms with Gasteiger partial charge < -0.3 is 5.32 Å². The highest BCUT2D eigenvalue weighted by molar-refractivity contribution is 5.13. The molecule has 114 valence electrons. The molecule has 0 spiro atoms. The predicted molar refractivity (Wildman–Crippen MR) is 87.0 cm³/mol. The van der Waals surface area contributed by atoms with Gasteiger partial charge in [0.2, 0.25) is 0 Å². The Morgan fingerprint density at radius 2 is 1.95 bits per heavy atom. The Morgan fingerprint density at radius 1 is 1.25 bits per heavy atom. The number of pyridine rings is 1. The van der Waals surface area contributed by atoms with Crippen LogP contribution in [0.15, 0.2) is 24.5 Å². The van der Waals surface area contributed by atoms with Crippen molar-refractivity contribution in [2.45, 2.75) is 59.0 Å². The van der Waals surface area contributed by atoms with Crippen molar-refractivity contribution < 1.29 is 0 Å². The molecule has 0 saturated heterocycles. The molecule has 0 bridgehead atoms. The van der Waals surface area contributed by atoms with Gasteiger partial charge in [-0.2, -0.15) is 0 Å². The molecule has 3 heteroatoms. The minimum Gasteiger partial charge on any atom is -0.312 e. The Kier molecular flexibility index (Phi) is 7.17.